The lowest BCUT2D eigenvalue weighted by Crippen LogP contribution is -2.24. The first-order valence-corrected chi connectivity index (χ1v) is 5.31. The molecule has 1 aromatic rings. The quantitative estimate of drug-likeness (QED) is 0.658. The number of carbonyl (C=O) groups is 2. The second-order valence-electron chi connectivity index (χ2n) is 3.21. The number of hydrogen-bond acceptors (Lipinski definition) is 3. The van der Waals surface area contributed by atoms with Crippen molar-refractivity contribution in [3.63, 3.8) is 0 Å². The van der Waals surface area contributed by atoms with Crippen LogP contribution in [-0.2, 0) is 16.1 Å². The topological polar surface area (TPSA) is 55.4 Å². The molecule has 6 heteroatoms. The highest BCUT2D eigenvalue weighted by molar-refractivity contribution is 6.27. The Hall–Kier alpha value is -1.62. The number of carbonyl (C=O) groups excluding carboxylic acids is 2. The van der Waals surface area contributed by atoms with Gasteiger partial charge in [0.15, 0.2) is 0 Å². The summed E-state index contributed by atoms with van der Waals surface area (Å²) < 4.78 is 18.0. The lowest BCUT2D eigenvalue weighted by molar-refractivity contribution is -0.118. The zero-order valence-electron chi connectivity index (χ0n) is 9.13. The van der Waals surface area contributed by atoms with Crippen LogP contribution < -0.4 is 5.32 Å². The highest BCUT2D eigenvalue weighted by Gasteiger charge is 2.10. The second-order valence-corrected chi connectivity index (χ2v) is 3.48. The van der Waals surface area contributed by atoms with Gasteiger partial charge in [0.25, 0.3) is 0 Å². The molecule has 1 N–H and O–H groups in total. The molecule has 0 fully saturated rings. The van der Waals surface area contributed by atoms with Gasteiger partial charge in [0.2, 0.25) is 5.91 Å². The summed E-state index contributed by atoms with van der Waals surface area (Å²) in [5.41, 5.74) is 0.397. The molecule has 1 amide bonds. The van der Waals surface area contributed by atoms with E-state index >= 15 is 0 Å². The fourth-order valence-corrected chi connectivity index (χ4v) is 1.27. The number of esters is 1. The zero-order valence-corrected chi connectivity index (χ0v) is 9.88. The monoisotopic (exact) mass is 259 g/mol. The molecule has 17 heavy (non-hydrogen) atoms. The molecule has 1 aromatic carbocycles. The minimum absolute atomic E-state index is 0.0266. The smallest absolute Gasteiger partial charge is 0.337 e. The molecular weight excluding hydrogens is 249 g/mol. The van der Waals surface area contributed by atoms with Gasteiger partial charge in [-0.05, 0) is 12.1 Å². The van der Waals surface area contributed by atoms with Crippen LogP contribution in [0.25, 0.3) is 0 Å². The van der Waals surface area contributed by atoms with E-state index in [0.29, 0.717) is 0 Å². The lowest BCUT2D eigenvalue weighted by atomic mass is 10.1. The Kier molecular flexibility index (Phi) is 4.90. The van der Waals surface area contributed by atoms with Crippen molar-refractivity contribution in [1.29, 1.82) is 0 Å². The Morgan fingerprint density at radius 1 is 1.47 bits per heavy atom. The van der Waals surface area contributed by atoms with E-state index in [2.05, 4.69) is 10.1 Å². The molecule has 0 atom stereocenters. The highest BCUT2D eigenvalue weighted by atomic mass is 35.5. The van der Waals surface area contributed by atoms with E-state index in [1.165, 1.54) is 19.2 Å². The molecule has 4 nitrogen and oxygen atoms in total. The average molecular weight is 260 g/mol. The molecular formula is C11H11ClFNO3. The third-order valence-corrected chi connectivity index (χ3v) is 2.31. The van der Waals surface area contributed by atoms with Crippen molar-refractivity contribution in [2.45, 2.75) is 6.54 Å². The van der Waals surface area contributed by atoms with Crippen molar-refractivity contribution in [3.8, 4) is 0 Å². The molecule has 0 saturated heterocycles. The third-order valence-electron chi connectivity index (χ3n) is 2.07. The SMILES string of the molecule is COC(=O)c1ccc(CNC(=O)CCl)c(F)c1. The van der Waals surface area contributed by atoms with E-state index in [-0.39, 0.29) is 29.5 Å². The molecule has 0 aromatic heterocycles. The van der Waals surface area contributed by atoms with Crippen LogP contribution in [0, 0.1) is 5.82 Å². The summed E-state index contributed by atoms with van der Waals surface area (Å²) in [6.07, 6.45) is 0. The van der Waals surface area contributed by atoms with Gasteiger partial charge < -0.3 is 10.1 Å². The van der Waals surface area contributed by atoms with Gasteiger partial charge in [0, 0.05) is 12.1 Å². The van der Waals surface area contributed by atoms with Gasteiger partial charge >= 0.3 is 5.97 Å². The molecule has 92 valence electrons. The van der Waals surface area contributed by atoms with E-state index in [4.69, 9.17) is 11.6 Å². The number of halogens is 2. The number of nitrogens with one attached hydrogen (secondary N) is 1. The van der Waals surface area contributed by atoms with Crippen LogP contribution >= 0.6 is 11.6 Å². The van der Waals surface area contributed by atoms with Crippen LogP contribution in [0.15, 0.2) is 18.2 Å². The Balaban J connectivity index is 2.76. The maximum atomic E-state index is 13.5. The molecule has 0 unspecified atom stereocenters. The summed E-state index contributed by atoms with van der Waals surface area (Å²) in [6, 6.07) is 3.90. The Morgan fingerprint density at radius 2 is 2.18 bits per heavy atom. The molecule has 0 spiro atoms. The van der Waals surface area contributed by atoms with E-state index in [0.717, 1.165) is 6.07 Å². The molecule has 0 aliphatic rings. The number of amides is 1. The predicted octanol–water partition coefficient (Wildman–Crippen LogP) is 1.47. The minimum atomic E-state index is -0.611. The Morgan fingerprint density at radius 3 is 2.71 bits per heavy atom. The molecule has 0 saturated carbocycles. The Labute approximate surface area is 103 Å². The summed E-state index contributed by atoms with van der Waals surface area (Å²) >= 11 is 5.28. The van der Waals surface area contributed by atoms with Gasteiger partial charge in [0.1, 0.15) is 11.7 Å². The molecule has 0 radical (unpaired) electrons. The summed E-state index contributed by atoms with van der Waals surface area (Å²) in [5, 5.41) is 2.43. The summed E-state index contributed by atoms with van der Waals surface area (Å²) in [7, 11) is 1.22. The highest BCUT2D eigenvalue weighted by Crippen LogP contribution is 2.11. The molecule has 1 rings (SSSR count). The van der Waals surface area contributed by atoms with Crippen molar-refractivity contribution in [1.82, 2.24) is 5.32 Å². The van der Waals surface area contributed by atoms with Crippen LogP contribution in [0.1, 0.15) is 15.9 Å². The summed E-state index contributed by atoms with van der Waals surface area (Å²) in [4.78, 5) is 22.0. The molecule has 0 aliphatic carbocycles. The van der Waals surface area contributed by atoms with E-state index < -0.39 is 11.8 Å². The van der Waals surface area contributed by atoms with Crippen LogP contribution in [0.3, 0.4) is 0 Å². The van der Waals surface area contributed by atoms with Crippen LogP contribution in [0.2, 0.25) is 0 Å². The maximum absolute atomic E-state index is 13.5. The number of hydrogen-bond donors (Lipinski definition) is 1. The minimum Gasteiger partial charge on any atom is -0.465 e. The number of alkyl halides is 1. The first kappa shape index (κ1) is 13.4. The molecule has 0 aliphatic heterocycles. The predicted molar refractivity (Wildman–Crippen MR) is 60.3 cm³/mol. The van der Waals surface area contributed by atoms with Gasteiger partial charge in [-0.15, -0.1) is 11.6 Å². The normalized spacial score (nSPS) is 9.82. The number of ether oxygens (including phenoxy) is 1. The van der Waals surface area contributed by atoms with Crippen LogP contribution in [0.4, 0.5) is 4.39 Å². The van der Waals surface area contributed by atoms with Gasteiger partial charge in [0.05, 0.1) is 12.7 Å². The van der Waals surface area contributed by atoms with Gasteiger partial charge in [-0.3, -0.25) is 4.79 Å². The van der Waals surface area contributed by atoms with E-state index in [9.17, 15) is 14.0 Å². The van der Waals surface area contributed by atoms with E-state index in [1.807, 2.05) is 0 Å². The van der Waals surface area contributed by atoms with Crippen molar-refractivity contribution in [3.05, 3.63) is 35.1 Å². The van der Waals surface area contributed by atoms with Crippen LogP contribution in [0.5, 0.6) is 0 Å². The van der Waals surface area contributed by atoms with Gasteiger partial charge in [-0.1, -0.05) is 6.07 Å². The van der Waals surface area contributed by atoms with Gasteiger partial charge in [-0.25, -0.2) is 9.18 Å². The van der Waals surface area contributed by atoms with Crippen LogP contribution in [-0.4, -0.2) is 24.9 Å². The average Bonchev–Trinajstić information content (AvgIpc) is 2.35. The van der Waals surface area contributed by atoms with E-state index in [1.54, 1.807) is 0 Å². The maximum Gasteiger partial charge on any atom is 0.337 e. The number of rotatable bonds is 4. The van der Waals surface area contributed by atoms with Crippen molar-refractivity contribution in [2.75, 3.05) is 13.0 Å². The van der Waals surface area contributed by atoms with Crippen molar-refractivity contribution >= 4 is 23.5 Å². The fraction of sp³-hybridized carbons (Fsp3) is 0.273. The van der Waals surface area contributed by atoms with Crippen molar-refractivity contribution < 1.29 is 18.7 Å². The van der Waals surface area contributed by atoms with Gasteiger partial charge in [-0.2, -0.15) is 0 Å². The Bertz CT molecular complexity index is 437. The molecule has 0 bridgehead atoms. The zero-order chi connectivity index (χ0) is 12.8. The second kappa shape index (κ2) is 6.20. The fourth-order valence-electron chi connectivity index (χ4n) is 1.18. The molecule has 0 heterocycles. The first-order chi connectivity index (χ1) is 8.08. The number of methoxy groups -OCH3 is 1. The third kappa shape index (κ3) is 3.71. The van der Waals surface area contributed by atoms with Crippen molar-refractivity contribution in [2.24, 2.45) is 0 Å². The largest absolute Gasteiger partial charge is 0.465 e. The standard InChI is InChI=1S/C11H11ClFNO3/c1-17-11(16)7-2-3-8(9(13)4-7)6-14-10(15)5-12/h2-4H,5-6H2,1H3,(H,14,15). The summed E-state index contributed by atoms with van der Waals surface area (Å²) in [6.45, 7) is 0.0266. The lowest BCUT2D eigenvalue weighted by Gasteiger charge is -2.06. The number of benzene rings is 1. The summed E-state index contributed by atoms with van der Waals surface area (Å²) in [5.74, 6) is -1.76. The first-order valence-electron chi connectivity index (χ1n) is 4.78.